The molecule has 1 heterocycles. The van der Waals surface area contributed by atoms with Crippen LogP contribution in [0.3, 0.4) is 0 Å². The molecule has 6 heteroatoms. The smallest absolute Gasteiger partial charge is 0.416 e. The molecule has 1 aromatic heterocycles. The van der Waals surface area contributed by atoms with Crippen LogP contribution in [0.25, 0.3) is 5.69 Å². The molecule has 3 nitrogen and oxygen atoms in total. The summed E-state index contributed by atoms with van der Waals surface area (Å²) in [5.41, 5.74) is 0.615. The molecule has 1 aromatic carbocycles. The molecule has 0 unspecified atom stereocenters. The summed E-state index contributed by atoms with van der Waals surface area (Å²) < 4.78 is 44.5. The van der Waals surface area contributed by atoms with E-state index in [4.69, 9.17) is 0 Å². The number of hydrogen-bond acceptors (Lipinski definition) is 2. The Morgan fingerprint density at radius 3 is 2.57 bits per heavy atom. The number of carbonyl (C=O) groups is 1. The lowest BCUT2D eigenvalue weighted by atomic mass is 10.1. The van der Waals surface area contributed by atoms with Crippen LogP contribution in [0.4, 0.5) is 13.2 Å². The van der Waals surface area contributed by atoms with Crippen LogP contribution in [0, 0.1) is 0 Å². The molecular weight excluding hydrogens is 283 g/mol. The first kappa shape index (κ1) is 15.2. The minimum Gasteiger partial charge on any atom is -0.464 e. The van der Waals surface area contributed by atoms with Gasteiger partial charge in [0, 0.05) is 11.9 Å². The Labute approximate surface area is 120 Å². The third kappa shape index (κ3) is 2.94. The number of benzene rings is 1. The number of ether oxygens (including phenoxy) is 1. The van der Waals surface area contributed by atoms with E-state index >= 15 is 0 Å². The molecule has 0 aliphatic rings. The number of aryl methyl sites for hydroxylation is 1. The lowest BCUT2D eigenvalue weighted by Crippen LogP contribution is -2.11. The molecule has 0 fully saturated rings. The molecule has 0 amide bonds. The molecule has 0 bridgehead atoms. The van der Waals surface area contributed by atoms with E-state index in [1.165, 1.54) is 17.7 Å². The second-order valence-electron chi connectivity index (χ2n) is 4.45. The maximum absolute atomic E-state index is 12.8. The number of halogens is 3. The molecular formula is C15H14F3NO2. The quantitative estimate of drug-likeness (QED) is 0.806. The average molecular weight is 297 g/mol. The standard InChI is InChI=1S/C15H14F3NO2/c1-3-10-9-11(15(16,17)18)6-7-12(10)19-8-4-5-13(19)14(20)21-2/h4-9H,3H2,1-2H3. The van der Waals surface area contributed by atoms with Crippen LogP contribution in [-0.4, -0.2) is 17.6 Å². The number of aromatic nitrogens is 1. The monoisotopic (exact) mass is 297 g/mol. The molecule has 0 atom stereocenters. The third-order valence-corrected chi connectivity index (χ3v) is 3.19. The van der Waals surface area contributed by atoms with Gasteiger partial charge in [-0.05, 0) is 42.3 Å². The maximum Gasteiger partial charge on any atom is 0.416 e. The predicted octanol–water partition coefficient (Wildman–Crippen LogP) is 3.85. The SMILES string of the molecule is CCc1cc(C(F)(F)F)ccc1-n1cccc1C(=O)OC. The molecule has 2 rings (SSSR count). The fourth-order valence-corrected chi connectivity index (χ4v) is 2.14. The van der Waals surface area contributed by atoms with Gasteiger partial charge in [-0.1, -0.05) is 6.92 Å². The van der Waals surface area contributed by atoms with Gasteiger partial charge < -0.3 is 9.30 Å². The van der Waals surface area contributed by atoms with E-state index in [1.807, 2.05) is 0 Å². The molecule has 0 radical (unpaired) electrons. The van der Waals surface area contributed by atoms with Gasteiger partial charge in [0.2, 0.25) is 0 Å². The summed E-state index contributed by atoms with van der Waals surface area (Å²) in [5.74, 6) is -0.540. The van der Waals surface area contributed by atoms with E-state index in [9.17, 15) is 18.0 Å². The van der Waals surface area contributed by atoms with Crippen molar-refractivity contribution in [3.05, 3.63) is 53.3 Å². The van der Waals surface area contributed by atoms with Crippen molar-refractivity contribution in [2.75, 3.05) is 7.11 Å². The Bertz CT molecular complexity index is 659. The predicted molar refractivity (Wildman–Crippen MR) is 71.5 cm³/mol. The zero-order chi connectivity index (χ0) is 15.6. The minimum atomic E-state index is -4.38. The van der Waals surface area contributed by atoms with Crippen LogP contribution in [0.15, 0.2) is 36.5 Å². The van der Waals surface area contributed by atoms with E-state index in [2.05, 4.69) is 4.74 Å². The largest absolute Gasteiger partial charge is 0.464 e. The summed E-state index contributed by atoms with van der Waals surface area (Å²) >= 11 is 0. The second kappa shape index (κ2) is 5.63. The van der Waals surface area contributed by atoms with E-state index in [1.54, 1.807) is 25.3 Å². The highest BCUT2D eigenvalue weighted by molar-refractivity contribution is 5.88. The normalized spacial score (nSPS) is 11.5. The topological polar surface area (TPSA) is 31.2 Å². The first-order chi connectivity index (χ1) is 9.88. The number of rotatable bonds is 3. The van der Waals surface area contributed by atoms with E-state index in [0.29, 0.717) is 17.7 Å². The van der Waals surface area contributed by atoms with Gasteiger partial charge in [-0.25, -0.2) is 4.79 Å². The van der Waals surface area contributed by atoms with Crippen LogP contribution in [0.5, 0.6) is 0 Å². The van der Waals surface area contributed by atoms with Gasteiger partial charge in [-0.2, -0.15) is 13.2 Å². The zero-order valence-corrected chi connectivity index (χ0v) is 11.6. The molecule has 0 saturated heterocycles. The Balaban J connectivity index is 2.55. The van der Waals surface area contributed by atoms with Gasteiger partial charge >= 0.3 is 12.1 Å². The average Bonchev–Trinajstić information content (AvgIpc) is 2.93. The lowest BCUT2D eigenvalue weighted by molar-refractivity contribution is -0.137. The van der Waals surface area contributed by atoms with Crippen LogP contribution in [-0.2, 0) is 17.3 Å². The van der Waals surface area contributed by atoms with E-state index < -0.39 is 17.7 Å². The molecule has 0 spiro atoms. The van der Waals surface area contributed by atoms with Gasteiger partial charge in [0.25, 0.3) is 0 Å². The Morgan fingerprint density at radius 2 is 2.00 bits per heavy atom. The first-order valence-corrected chi connectivity index (χ1v) is 6.34. The summed E-state index contributed by atoms with van der Waals surface area (Å²) in [5, 5.41) is 0. The van der Waals surface area contributed by atoms with Crippen LogP contribution in [0.1, 0.15) is 28.5 Å². The van der Waals surface area contributed by atoms with Gasteiger partial charge in [0.05, 0.1) is 12.7 Å². The van der Waals surface area contributed by atoms with Crippen molar-refractivity contribution in [2.45, 2.75) is 19.5 Å². The summed E-state index contributed by atoms with van der Waals surface area (Å²) in [6.07, 6.45) is -2.35. The molecule has 0 saturated carbocycles. The highest BCUT2D eigenvalue weighted by atomic mass is 19.4. The third-order valence-electron chi connectivity index (χ3n) is 3.19. The number of esters is 1. The van der Waals surface area contributed by atoms with Crippen LogP contribution in [0.2, 0.25) is 0 Å². The zero-order valence-electron chi connectivity index (χ0n) is 11.6. The number of carbonyl (C=O) groups excluding carboxylic acids is 1. The Kier molecular flexibility index (Phi) is 4.06. The van der Waals surface area contributed by atoms with Crippen molar-refractivity contribution >= 4 is 5.97 Å². The van der Waals surface area contributed by atoms with E-state index in [0.717, 1.165) is 12.1 Å². The number of alkyl halides is 3. The molecule has 0 aliphatic carbocycles. The van der Waals surface area contributed by atoms with Crippen molar-refractivity contribution in [3.8, 4) is 5.69 Å². The minimum absolute atomic E-state index is 0.270. The van der Waals surface area contributed by atoms with Crippen molar-refractivity contribution in [2.24, 2.45) is 0 Å². The Hall–Kier alpha value is -2.24. The van der Waals surface area contributed by atoms with Crippen molar-refractivity contribution in [1.29, 1.82) is 0 Å². The molecule has 112 valence electrons. The number of nitrogens with zero attached hydrogens (tertiary/aromatic N) is 1. The fourth-order valence-electron chi connectivity index (χ4n) is 2.14. The number of methoxy groups -OCH3 is 1. The fraction of sp³-hybridized carbons (Fsp3) is 0.267. The molecule has 21 heavy (non-hydrogen) atoms. The highest BCUT2D eigenvalue weighted by Crippen LogP contribution is 2.32. The van der Waals surface area contributed by atoms with Crippen molar-refractivity contribution in [3.63, 3.8) is 0 Å². The van der Waals surface area contributed by atoms with Crippen LogP contribution >= 0.6 is 0 Å². The van der Waals surface area contributed by atoms with Crippen LogP contribution < -0.4 is 0 Å². The van der Waals surface area contributed by atoms with Gasteiger partial charge in [0.1, 0.15) is 5.69 Å². The second-order valence-corrected chi connectivity index (χ2v) is 4.45. The highest BCUT2D eigenvalue weighted by Gasteiger charge is 2.31. The number of hydrogen-bond donors (Lipinski definition) is 0. The summed E-state index contributed by atoms with van der Waals surface area (Å²) in [7, 11) is 1.26. The van der Waals surface area contributed by atoms with Gasteiger partial charge in [0.15, 0.2) is 0 Å². The molecule has 0 aliphatic heterocycles. The van der Waals surface area contributed by atoms with Crippen molar-refractivity contribution < 1.29 is 22.7 Å². The lowest BCUT2D eigenvalue weighted by Gasteiger charge is -2.15. The summed E-state index contributed by atoms with van der Waals surface area (Å²) in [6.45, 7) is 1.76. The Morgan fingerprint density at radius 1 is 1.29 bits per heavy atom. The maximum atomic E-state index is 12.8. The summed E-state index contributed by atoms with van der Waals surface area (Å²) in [4.78, 5) is 11.7. The molecule has 0 N–H and O–H groups in total. The molecule has 2 aromatic rings. The van der Waals surface area contributed by atoms with Gasteiger partial charge in [-0.15, -0.1) is 0 Å². The van der Waals surface area contributed by atoms with Gasteiger partial charge in [-0.3, -0.25) is 0 Å². The van der Waals surface area contributed by atoms with Crippen molar-refractivity contribution in [1.82, 2.24) is 4.57 Å². The summed E-state index contributed by atoms with van der Waals surface area (Å²) in [6, 6.07) is 6.69. The first-order valence-electron chi connectivity index (χ1n) is 6.34. The van der Waals surface area contributed by atoms with E-state index in [-0.39, 0.29) is 5.69 Å².